The van der Waals surface area contributed by atoms with Gasteiger partial charge in [-0.3, -0.25) is 4.79 Å². The lowest BCUT2D eigenvalue weighted by Crippen LogP contribution is -2.26. The third-order valence-corrected chi connectivity index (χ3v) is 3.63. The van der Waals surface area contributed by atoms with Crippen molar-refractivity contribution in [1.82, 2.24) is 14.9 Å². The van der Waals surface area contributed by atoms with Gasteiger partial charge in [0.2, 0.25) is 0 Å². The van der Waals surface area contributed by atoms with E-state index in [0.717, 1.165) is 11.3 Å². The molecule has 4 nitrogen and oxygen atoms in total. The first-order valence-electron chi connectivity index (χ1n) is 7.28. The number of hydrogen-bond acceptors (Lipinski definition) is 2. The maximum Gasteiger partial charge on any atom is 0.251 e. The summed E-state index contributed by atoms with van der Waals surface area (Å²) < 4.78 is 15.1. The number of carbonyl (C=O) groups is 1. The van der Waals surface area contributed by atoms with Gasteiger partial charge in [-0.1, -0.05) is 18.2 Å². The molecule has 23 heavy (non-hydrogen) atoms. The summed E-state index contributed by atoms with van der Waals surface area (Å²) in [5.74, 6) is -0.717. The van der Waals surface area contributed by atoms with Crippen LogP contribution in [0.2, 0.25) is 0 Å². The average molecular weight is 309 g/mol. The Labute approximate surface area is 133 Å². The molecular formula is C18H16FN3O. The molecule has 1 heterocycles. The van der Waals surface area contributed by atoms with Crippen LogP contribution in [0.4, 0.5) is 4.39 Å². The Bertz CT molecular complexity index is 797. The molecular weight excluding hydrogens is 293 g/mol. The van der Waals surface area contributed by atoms with Gasteiger partial charge in [0.15, 0.2) is 0 Å². The normalized spacial score (nSPS) is 11.9. The number of hydrogen-bond donors (Lipinski definition) is 1. The van der Waals surface area contributed by atoms with E-state index in [9.17, 15) is 9.18 Å². The molecule has 1 aromatic heterocycles. The fourth-order valence-electron chi connectivity index (χ4n) is 2.34. The van der Waals surface area contributed by atoms with Crippen LogP contribution in [-0.4, -0.2) is 15.5 Å². The van der Waals surface area contributed by atoms with Crippen molar-refractivity contribution in [1.29, 1.82) is 0 Å². The predicted octanol–water partition coefficient (Wildman–Crippen LogP) is 3.50. The summed E-state index contributed by atoms with van der Waals surface area (Å²) >= 11 is 0. The van der Waals surface area contributed by atoms with Gasteiger partial charge in [-0.2, -0.15) is 0 Å². The SMILES string of the molecule is C[C@@H](NC(=O)c1cccc(F)c1)c1ccc(-n2ccnc2)cc1. The number of amides is 1. The molecule has 1 N–H and O–H groups in total. The standard InChI is InChI=1S/C18H16FN3O/c1-13(21-18(23)15-3-2-4-16(19)11-15)14-5-7-17(8-6-14)22-10-9-20-12-22/h2-13H,1H3,(H,21,23)/t13-/m1/s1. The second kappa shape index (κ2) is 6.44. The average Bonchev–Trinajstić information content (AvgIpc) is 3.09. The minimum absolute atomic E-state index is 0.178. The molecule has 0 saturated carbocycles. The Morgan fingerprint density at radius 1 is 1.22 bits per heavy atom. The van der Waals surface area contributed by atoms with Crippen molar-refractivity contribution >= 4 is 5.91 Å². The van der Waals surface area contributed by atoms with Crippen molar-refractivity contribution in [3.8, 4) is 5.69 Å². The number of nitrogens with one attached hydrogen (secondary N) is 1. The third-order valence-electron chi connectivity index (χ3n) is 3.63. The molecule has 116 valence electrons. The van der Waals surface area contributed by atoms with Gasteiger partial charge < -0.3 is 9.88 Å². The van der Waals surface area contributed by atoms with Crippen LogP contribution in [0.1, 0.15) is 28.9 Å². The van der Waals surface area contributed by atoms with Crippen LogP contribution >= 0.6 is 0 Å². The quantitative estimate of drug-likeness (QED) is 0.802. The number of nitrogens with zero attached hydrogens (tertiary/aromatic N) is 2. The Kier molecular flexibility index (Phi) is 4.19. The van der Waals surface area contributed by atoms with Gasteiger partial charge in [0.1, 0.15) is 5.82 Å². The zero-order valence-corrected chi connectivity index (χ0v) is 12.6. The highest BCUT2D eigenvalue weighted by Gasteiger charge is 2.12. The van der Waals surface area contributed by atoms with Gasteiger partial charge in [0, 0.05) is 23.6 Å². The molecule has 0 aliphatic carbocycles. The smallest absolute Gasteiger partial charge is 0.251 e. The molecule has 0 aliphatic heterocycles. The highest BCUT2D eigenvalue weighted by molar-refractivity contribution is 5.94. The minimum atomic E-state index is -0.421. The van der Waals surface area contributed by atoms with Crippen LogP contribution in [0.5, 0.6) is 0 Å². The van der Waals surface area contributed by atoms with E-state index in [2.05, 4.69) is 10.3 Å². The Hall–Kier alpha value is -2.95. The van der Waals surface area contributed by atoms with Crippen LogP contribution in [0, 0.1) is 5.82 Å². The van der Waals surface area contributed by atoms with Crippen molar-refractivity contribution in [3.63, 3.8) is 0 Å². The molecule has 0 fully saturated rings. The number of imidazole rings is 1. The zero-order chi connectivity index (χ0) is 16.2. The summed E-state index contributed by atoms with van der Waals surface area (Å²) in [7, 11) is 0. The number of halogens is 1. The zero-order valence-electron chi connectivity index (χ0n) is 12.6. The van der Waals surface area contributed by atoms with Crippen LogP contribution in [0.15, 0.2) is 67.3 Å². The van der Waals surface area contributed by atoms with E-state index in [4.69, 9.17) is 0 Å². The third kappa shape index (κ3) is 3.45. The van der Waals surface area contributed by atoms with E-state index in [-0.39, 0.29) is 11.9 Å². The highest BCUT2D eigenvalue weighted by Crippen LogP contribution is 2.16. The number of rotatable bonds is 4. The summed E-state index contributed by atoms with van der Waals surface area (Å²) in [6.45, 7) is 1.89. The predicted molar refractivity (Wildman–Crippen MR) is 85.8 cm³/mol. The summed E-state index contributed by atoms with van der Waals surface area (Å²) in [5.41, 5.74) is 2.28. The first-order chi connectivity index (χ1) is 11.1. The van der Waals surface area contributed by atoms with Gasteiger partial charge in [-0.05, 0) is 42.8 Å². The monoisotopic (exact) mass is 309 g/mol. The maximum absolute atomic E-state index is 13.2. The number of carbonyl (C=O) groups excluding carboxylic acids is 1. The molecule has 0 unspecified atom stereocenters. The van der Waals surface area contributed by atoms with Crippen LogP contribution < -0.4 is 5.32 Å². The molecule has 0 spiro atoms. The Morgan fingerprint density at radius 3 is 2.65 bits per heavy atom. The topological polar surface area (TPSA) is 46.9 Å². The van der Waals surface area contributed by atoms with E-state index in [1.807, 2.05) is 42.0 Å². The first kappa shape index (κ1) is 15.0. The van der Waals surface area contributed by atoms with E-state index in [0.29, 0.717) is 5.56 Å². The van der Waals surface area contributed by atoms with Crippen molar-refractivity contribution in [2.45, 2.75) is 13.0 Å². The van der Waals surface area contributed by atoms with E-state index in [1.54, 1.807) is 18.6 Å². The molecule has 2 aromatic carbocycles. The summed E-state index contributed by atoms with van der Waals surface area (Å²) in [4.78, 5) is 16.2. The summed E-state index contributed by atoms with van der Waals surface area (Å²) in [5, 5.41) is 2.87. The van der Waals surface area contributed by atoms with Crippen molar-refractivity contribution < 1.29 is 9.18 Å². The second-order valence-electron chi connectivity index (χ2n) is 5.27. The van der Waals surface area contributed by atoms with Crippen molar-refractivity contribution in [2.75, 3.05) is 0 Å². The van der Waals surface area contributed by atoms with Gasteiger partial charge in [0.25, 0.3) is 5.91 Å². The maximum atomic E-state index is 13.2. The molecule has 1 atom stereocenters. The molecule has 0 bridgehead atoms. The largest absolute Gasteiger partial charge is 0.346 e. The van der Waals surface area contributed by atoms with E-state index >= 15 is 0 Å². The van der Waals surface area contributed by atoms with E-state index < -0.39 is 5.82 Å². The van der Waals surface area contributed by atoms with Gasteiger partial charge in [-0.15, -0.1) is 0 Å². The molecule has 3 aromatic rings. The lowest BCUT2D eigenvalue weighted by molar-refractivity contribution is 0.0939. The van der Waals surface area contributed by atoms with E-state index in [1.165, 1.54) is 18.2 Å². The minimum Gasteiger partial charge on any atom is -0.346 e. The molecule has 1 amide bonds. The molecule has 0 radical (unpaired) electrons. The fraction of sp³-hybridized carbons (Fsp3) is 0.111. The number of aromatic nitrogens is 2. The van der Waals surface area contributed by atoms with Crippen molar-refractivity contribution in [2.24, 2.45) is 0 Å². The molecule has 3 rings (SSSR count). The molecule has 0 aliphatic rings. The lowest BCUT2D eigenvalue weighted by Gasteiger charge is -2.15. The first-order valence-corrected chi connectivity index (χ1v) is 7.28. The summed E-state index contributed by atoms with van der Waals surface area (Å²) in [6.07, 6.45) is 5.31. The lowest BCUT2D eigenvalue weighted by atomic mass is 10.1. The Morgan fingerprint density at radius 2 is 2.00 bits per heavy atom. The Balaban J connectivity index is 1.70. The van der Waals surface area contributed by atoms with Crippen LogP contribution in [0.3, 0.4) is 0 Å². The van der Waals surface area contributed by atoms with Crippen molar-refractivity contribution in [3.05, 3.63) is 84.2 Å². The summed E-state index contributed by atoms with van der Waals surface area (Å²) in [6, 6.07) is 13.3. The number of benzene rings is 2. The van der Waals surface area contributed by atoms with Crippen LogP contribution in [0.25, 0.3) is 5.69 Å². The van der Waals surface area contributed by atoms with Gasteiger partial charge >= 0.3 is 0 Å². The van der Waals surface area contributed by atoms with Gasteiger partial charge in [-0.25, -0.2) is 9.37 Å². The molecule has 5 heteroatoms. The molecule has 0 saturated heterocycles. The second-order valence-corrected chi connectivity index (χ2v) is 5.27. The van der Waals surface area contributed by atoms with Gasteiger partial charge in [0.05, 0.1) is 12.4 Å². The fourth-order valence-corrected chi connectivity index (χ4v) is 2.34. The van der Waals surface area contributed by atoms with Crippen LogP contribution in [-0.2, 0) is 0 Å². The highest BCUT2D eigenvalue weighted by atomic mass is 19.1.